The van der Waals surface area contributed by atoms with Gasteiger partial charge in [-0.1, -0.05) is 217 Å². The second-order valence-electron chi connectivity index (χ2n) is 20.4. The Bertz CT molecular complexity index is 1340. The highest BCUT2D eigenvalue weighted by molar-refractivity contribution is 5.80. The SMILES string of the molecule is CCCCC/C=C\C/C=C\CCCCCCCCC(O)C(=O)NC(COC1OC(CO)C(O)C(O)C1OC(=O)CCCCC/C=C\CCCCCCCCC)C(O)/C=C/CCCCCCCCCCCC. The number of aliphatic hydroxyl groups excluding tert-OH is 5. The smallest absolute Gasteiger partial charge is 0.306 e. The van der Waals surface area contributed by atoms with Crippen molar-refractivity contribution in [2.24, 2.45) is 0 Å². The average molecular weight is 1000 g/mol. The van der Waals surface area contributed by atoms with E-state index in [0.717, 1.165) is 89.9 Å². The summed E-state index contributed by atoms with van der Waals surface area (Å²) in [6.45, 7) is 5.74. The molecule has 1 rings (SSSR count). The number of carbonyl (C=O) groups excluding carboxylic acids is 2. The number of amides is 1. The number of ether oxygens (including phenoxy) is 3. The minimum atomic E-state index is -1.62. The molecule has 0 radical (unpaired) electrons. The highest BCUT2D eigenvalue weighted by Gasteiger charge is 2.47. The van der Waals surface area contributed by atoms with E-state index >= 15 is 0 Å². The summed E-state index contributed by atoms with van der Waals surface area (Å²) in [5.74, 6) is -1.22. The van der Waals surface area contributed by atoms with Crippen LogP contribution in [-0.4, -0.2) is 99.6 Å². The molecule has 8 atom stereocenters. The molecule has 71 heavy (non-hydrogen) atoms. The third kappa shape index (κ3) is 37.1. The van der Waals surface area contributed by atoms with Crippen molar-refractivity contribution in [1.29, 1.82) is 0 Å². The first kappa shape index (κ1) is 66.6. The first-order chi connectivity index (χ1) is 34.7. The van der Waals surface area contributed by atoms with E-state index in [1.807, 2.05) is 6.08 Å². The third-order valence-electron chi connectivity index (χ3n) is 13.7. The van der Waals surface area contributed by atoms with Crippen molar-refractivity contribution >= 4 is 11.9 Å². The molecule has 1 saturated heterocycles. The van der Waals surface area contributed by atoms with Gasteiger partial charge in [0, 0.05) is 6.42 Å². The van der Waals surface area contributed by atoms with Crippen LogP contribution in [0.15, 0.2) is 48.6 Å². The average Bonchev–Trinajstić information content (AvgIpc) is 3.37. The Morgan fingerprint density at radius 1 is 0.549 bits per heavy atom. The van der Waals surface area contributed by atoms with Crippen molar-refractivity contribution in [2.45, 2.75) is 307 Å². The van der Waals surface area contributed by atoms with E-state index in [4.69, 9.17) is 14.2 Å². The second-order valence-corrected chi connectivity index (χ2v) is 20.4. The topological polar surface area (TPSA) is 175 Å². The molecule has 1 amide bonds. The second kappa shape index (κ2) is 48.6. The largest absolute Gasteiger partial charge is 0.454 e. The van der Waals surface area contributed by atoms with Gasteiger partial charge in [-0.3, -0.25) is 9.59 Å². The number of rotatable bonds is 49. The lowest BCUT2D eigenvalue weighted by Gasteiger charge is -2.41. The Hall–Kier alpha value is -2.38. The highest BCUT2D eigenvalue weighted by atomic mass is 16.7. The number of aliphatic hydroxyl groups is 5. The van der Waals surface area contributed by atoms with Gasteiger partial charge in [0.15, 0.2) is 12.4 Å². The van der Waals surface area contributed by atoms with Crippen molar-refractivity contribution in [3.63, 3.8) is 0 Å². The summed E-state index contributed by atoms with van der Waals surface area (Å²) in [6, 6.07) is -1.03. The molecule has 1 fully saturated rings. The van der Waals surface area contributed by atoms with Gasteiger partial charge >= 0.3 is 5.97 Å². The molecule has 0 saturated carbocycles. The quantitative estimate of drug-likeness (QED) is 0.0195. The molecule has 1 heterocycles. The number of nitrogens with one attached hydrogen (secondary N) is 1. The van der Waals surface area contributed by atoms with E-state index in [0.29, 0.717) is 12.8 Å². The van der Waals surface area contributed by atoms with Gasteiger partial charge in [0.2, 0.25) is 5.91 Å². The lowest BCUT2D eigenvalue weighted by atomic mass is 9.99. The number of hydrogen-bond donors (Lipinski definition) is 6. The van der Waals surface area contributed by atoms with Crippen molar-refractivity contribution in [3.05, 3.63) is 48.6 Å². The van der Waals surface area contributed by atoms with Crippen molar-refractivity contribution in [1.82, 2.24) is 5.32 Å². The molecule has 1 aliphatic heterocycles. The summed E-state index contributed by atoms with van der Waals surface area (Å²) in [7, 11) is 0. The molecular weight excluding hydrogens is 895 g/mol. The van der Waals surface area contributed by atoms with Gasteiger partial charge in [0.25, 0.3) is 0 Å². The predicted octanol–water partition coefficient (Wildman–Crippen LogP) is 13.3. The zero-order chi connectivity index (χ0) is 51.8. The van der Waals surface area contributed by atoms with Crippen LogP contribution in [0.4, 0.5) is 0 Å². The van der Waals surface area contributed by atoms with Crippen LogP contribution in [0, 0.1) is 0 Å². The van der Waals surface area contributed by atoms with Gasteiger partial charge in [0.05, 0.1) is 25.4 Å². The predicted molar refractivity (Wildman–Crippen MR) is 292 cm³/mol. The fourth-order valence-corrected chi connectivity index (χ4v) is 8.97. The van der Waals surface area contributed by atoms with E-state index in [2.05, 4.69) is 62.5 Å². The van der Waals surface area contributed by atoms with Crippen LogP contribution < -0.4 is 5.32 Å². The van der Waals surface area contributed by atoms with Gasteiger partial charge in [0.1, 0.15) is 24.4 Å². The van der Waals surface area contributed by atoms with Crippen LogP contribution >= 0.6 is 0 Å². The number of esters is 1. The van der Waals surface area contributed by atoms with E-state index in [9.17, 15) is 35.1 Å². The summed E-state index contributed by atoms with van der Waals surface area (Å²) in [6.07, 6.45) is 47.2. The summed E-state index contributed by atoms with van der Waals surface area (Å²) in [4.78, 5) is 26.4. The van der Waals surface area contributed by atoms with Crippen molar-refractivity contribution in [2.75, 3.05) is 13.2 Å². The molecule has 0 spiro atoms. The summed E-state index contributed by atoms with van der Waals surface area (Å²) < 4.78 is 17.6. The van der Waals surface area contributed by atoms with Gasteiger partial charge in [-0.25, -0.2) is 0 Å². The maximum atomic E-state index is 13.4. The summed E-state index contributed by atoms with van der Waals surface area (Å²) in [5, 5.41) is 56.8. The summed E-state index contributed by atoms with van der Waals surface area (Å²) >= 11 is 0. The Kier molecular flexibility index (Phi) is 45.6. The molecule has 1 aliphatic rings. The molecule has 0 aromatic rings. The van der Waals surface area contributed by atoms with Gasteiger partial charge < -0.3 is 45.1 Å². The van der Waals surface area contributed by atoms with Crippen LogP contribution in [0.25, 0.3) is 0 Å². The first-order valence-corrected chi connectivity index (χ1v) is 29.4. The van der Waals surface area contributed by atoms with Crippen LogP contribution in [0.3, 0.4) is 0 Å². The molecular formula is C60H109NO10. The Labute approximate surface area is 434 Å². The van der Waals surface area contributed by atoms with E-state index < -0.39 is 67.4 Å². The van der Waals surface area contributed by atoms with Gasteiger partial charge in [-0.2, -0.15) is 0 Å². The van der Waals surface area contributed by atoms with E-state index in [-0.39, 0.29) is 19.4 Å². The molecule has 6 N–H and O–H groups in total. The summed E-state index contributed by atoms with van der Waals surface area (Å²) in [5.41, 5.74) is 0. The Morgan fingerprint density at radius 2 is 0.972 bits per heavy atom. The molecule has 0 aliphatic carbocycles. The lowest BCUT2D eigenvalue weighted by Crippen LogP contribution is -2.61. The maximum absolute atomic E-state index is 13.4. The van der Waals surface area contributed by atoms with Crippen LogP contribution in [0.2, 0.25) is 0 Å². The van der Waals surface area contributed by atoms with E-state index in [1.165, 1.54) is 122 Å². The van der Waals surface area contributed by atoms with Crippen molar-refractivity contribution in [3.8, 4) is 0 Å². The standard InChI is InChI=1S/C60H109NO10/c1-4-7-10-13-16-19-22-25-27-28-29-32-35-38-41-44-47-53(64)59(68)61-51(52(63)46-43-40-37-34-31-24-21-18-15-12-9-6-3)50-69-60-58(57(67)56(66)54(49-62)70-60)71-55(65)48-45-42-39-36-33-30-26-23-20-17-14-11-8-5-2/h16,19,25,27,30,33,43,46,51-54,56-58,60,62-64,66-67H,4-15,17-18,20-24,26,28-29,31-32,34-42,44-45,47-50H2,1-3H3,(H,61,68)/b19-16-,27-25-,33-30-,46-43+. The van der Waals surface area contributed by atoms with Crippen LogP contribution in [0.1, 0.15) is 258 Å². The Balaban J connectivity index is 2.74. The minimum absolute atomic E-state index is 0.103. The fraction of sp³-hybridized carbons (Fsp3) is 0.833. The highest BCUT2D eigenvalue weighted by Crippen LogP contribution is 2.26. The minimum Gasteiger partial charge on any atom is -0.454 e. The van der Waals surface area contributed by atoms with Gasteiger partial charge in [-0.15, -0.1) is 0 Å². The molecule has 8 unspecified atom stereocenters. The number of carbonyl (C=O) groups is 2. The number of hydrogen-bond acceptors (Lipinski definition) is 10. The molecule has 0 aromatic heterocycles. The fourth-order valence-electron chi connectivity index (χ4n) is 8.97. The number of unbranched alkanes of at least 4 members (excludes halogenated alkanes) is 29. The molecule has 414 valence electrons. The van der Waals surface area contributed by atoms with E-state index in [1.54, 1.807) is 6.08 Å². The first-order valence-electron chi connectivity index (χ1n) is 29.4. The maximum Gasteiger partial charge on any atom is 0.306 e. The molecule has 11 heteroatoms. The zero-order valence-corrected chi connectivity index (χ0v) is 45.6. The molecule has 0 aromatic carbocycles. The molecule has 0 bridgehead atoms. The van der Waals surface area contributed by atoms with Crippen molar-refractivity contribution < 1.29 is 49.3 Å². The monoisotopic (exact) mass is 1000 g/mol. The van der Waals surface area contributed by atoms with Crippen LogP contribution in [0.5, 0.6) is 0 Å². The lowest BCUT2D eigenvalue weighted by molar-refractivity contribution is -0.305. The Morgan fingerprint density at radius 3 is 1.48 bits per heavy atom. The number of allylic oxidation sites excluding steroid dienone is 7. The normalized spacial score (nSPS) is 19.9. The molecule has 11 nitrogen and oxygen atoms in total. The third-order valence-corrected chi connectivity index (χ3v) is 13.7. The van der Waals surface area contributed by atoms with Crippen LogP contribution in [-0.2, 0) is 23.8 Å². The zero-order valence-electron chi connectivity index (χ0n) is 45.6. The van der Waals surface area contributed by atoms with Gasteiger partial charge in [-0.05, 0) is 83.5 Å².